The molecule has 0 amide bonds. The van der Waals surface area contributed by atoms with Gasteiger partial charge in [-0.2, -0.15) is 0 Å². The van der Waals surface area contributed by atoms with Crippen LogP contribution in [0.3, 0.4) is 0 Å². The lowest BCUT2D eigenvalue weighted by molar-refractivity contribution is 0.453. The van der Waals surface area contributed by atoms with Gasteiger partial charge in [-0.15, -0.1) is 0 Å². The van der Waals surface area contributed by atoms with Crippen LogP contribution in [0.15, 0.2) is 18.2 Å². The second-order valence-corrected chi connectivity index (χ2v) is 5.06. The van der Waals surface area contributed by atoms with Crippen LogP contribution in [0, 0.1) is 6.92 Å². The molecule has 2 rings (SSSR count). The zero-order chi connectivity index (χ0) is 10.9. The third-order valence-corrected chi connectivity index (χ3v) is 4.15. The van der Waals surface area contributed by atoms with Crippen LogP contribution >= 0.6 is 11.6 Å². The van der Waals surface area contributed by atoms with Crippen molar-refractivity contribution in [3.8, 4) is 0 Å². The van der Waals surface area contributed by atoms with E-state index in [2.05, 4.69) is 19.1 Å². The van der Waals surface area contributed by atoms with Gasteiger partial charge in [0.05, 0.1) is 0 Å². The summed E-state index contributed by atoms with van der Waals surface area (Å²) in [4.78, 5) is 0. The van der Waals surface area contributed by atoms with E-state index < -0.39 is 0 Å². The van der Waals surface area contributed by atoms with Crippen molar-refractivity contribution < 1.29 is 0 Å². The largest absolute Gasteiger partial charge is 0.330 e. The summed E-state index contributed by atoms with van der Waals surface area (Å²) < 4.78 is 0. The molecule has 1 aliphatic rings. The Morgan fingerprint density at radius 2 is 2.00 bits per heavy atom. The van der Waals surface area contributed by atoms with E-state index in [1.54, 1.807) is 0 Å². The van der Waals surface area contributed by atoms with Crippen molar-refractivity contribution >= 4 is 11.6 Å². The van der Waals surface area contributed by atoms with E-state index in [9.17, 15) is 0 Å². The van der Waals surface area contributed by atoms with E-state index in [4.69, 9.17) is 17.3 Å². The first kappa shape index (κ1) is 11.0. The van der Waals surface area contributed by atoms with Gasteiger partial charge in [0.15, 0.2) is 0 Å². The van der Waals surface area contributed by atoms with Crippen LogP contribution < -0.4 is 5.73 Å². The Morgan fingerprint density at radius 3 is 2.53 bits per heavy atom. The molecule has 1 fully saturated rings. The Bertz CT molecular complexity index is 354. The van der Waals surface area contributed by atoms with Crippen molar-refractivity contribution in [1.29, 1.82) is 0 Å². The summed E-state index contributed by atoms with van der Waals surface area (Å²) in [5, 5.41) is 0.851. The second kappa shape index (κ2) is 4.15. The number of hydrogen-bond acceptors (Lipinski definition) is 1. The summed E-state index contributed by atoms with van der Waals surface area (Å²) in [6, 6.07) is 6.36. The molecule has 1 saturated carbocycles. The Labute approximate surface area is 96.6 Å². The molecule has 0 spiro atoms. The van der Waals surface area contributed by atoms with Gasteiger partial charge in [0.1, 0.15) is 0 Å². The number of benzene rings is 1. The highest BCUT2D eigenvalue weighted by atomic mass is 35.5. The summed E-state index contributed by atoms with van der Waals surface area (Å²) in [6.07, 6.45) is 5.06. The highest BCUT2D eigenvalue weighted by Crippen LogP contribution is 2.40. The van der Waals surface area contributed by atoms with E-state index in [1.807, 2.05) is 6.07 Å². The molecule has 0 saturated heterocycles. The van der Waals surface area contributed by atoms with Crippen LogP contribution in [0.5, 0.6) is 0 Å². The van der Waals surface area contributed by atoms with E-state index in [-0.39, 0.29) is 5.41 Å². The molecule has 0 atom stereocenters. The molecule has 1 aromatic carbocycles. The number of rotatable bonds is 2. The second-order valence-electron chi connectivity index (χ2n) is 4.66. The minimum Gasteiger partial charge on any atom is -0.330 e. The molecule has 82 valence electrons. The average Bonchev–Trinajstić information content (AvgIpc) is 2.72. The molecule has 1 nitrogen and oxygen atoms in total. The monoisotopic (exact) mass is 223 g/mol. The van der Waals surface area contributed by atoms with Gasteiger partial charge in [-0.1, -0.05) is 36.6 Å². The molecule has 0 unspecified atom stereocenters. The molecule has 0 heterocycles. The molecular formula is C13H18ClN. The minimum atomic E-state index is 0.231. The Morgan fingerprint density at radius 1 is 1.33 bits per heavy atom. The van der Waals surface area contributed by atoms with Crippen LogP contribution in [0.2, 0.25) is 5.02 Å². The van der Waals surface area contributed by atoms with E-state index in [1.165, 1.54) is 31.2 Å². The fourth-order valence-electron chi connectivity index (χ4n) is 2.64. The highest BCUT2D eigenvalue weighted by molar-refractivity contribution is 6.31. The standard InChI is InChI=1S/C13H18ClN/c1-10-8-11(4-5-12(10)14)13(9-15)6-2-3-7-13/h4-5,8H,2-3,6-7,9,15H2,1H3. The van der Waals surface area contributed by atoms with Crippen LogP contribution in [0.4, 0.5) is 0 Å². The van der Waals surface area contributed by atoms with Gasteiger partial charge in [-0.3, -0.25) is 0 Å². The SMILES string of the molecule is Cc1cc(C2(CN)CCCC2)ccc1Cl. The lowest BCUT2D eigenvalue weighted by Crippen LogP contribution is -2.32. The fraction of sp³-hybridized carbons (Fsp3) is 0.538. The van der Waals surface area contributed by atoms with E-state index >= 15 is 0 Å². The Hall–Kier alpha value is -0.530. The van der Waals surface area contributed by atoms with Gasteiger partial charge in [-0.25, -0.2) is 0 Å². The predicted octanol–water partition coefficient (Wildman–Crippen LogP) is 3.42. The fourth-order valence-corrected chi connectivity index (χ4v) is 2.75. The van der Waals surface area contributed by atoms with Crippen LogP contribution in [-0.2, 0) is 5.41 Å². The molecule has 1 aliphatic carbocycles. The normalized spacial score (nSPS) is 19.4. The van der Waals surface area contributed by atoms with Crippen LogP contribution in [0.25, 0.3) is 0 Å². The van der Waals surface area contributed by atoms with Crippen molar-refractivity contribution in [3.63, 3.8) is 0 Å². The summed E-state index contributed by atoms with van der Waals surface area (Å²) in [5.74, 6) is 0. The highest BCUT2D eigenvalue weighted by Gasteiger charge is 2.34. The van der Waals surface area contributed by atoms with Crippen molar-refractivity contribution in [2.75, 3.05) is 6.54 Å². The van der Waals surface area contributed by atoms with Crippen molar-refractivity contribution in [3.05, 3.63) is 34.3 Å². The van der Waals surface area contributed by atoms with Crippen molar-refractivity contribution in [2.45, 2.75) is 38.0 Å². The number of nitrogens with two attached hydrogens (primary N) is 1. The van der Waals surface area contributed by atoms with Gasteiger partial charge >= 0.3 is 0 Å². The van der Waals surface area contributed by atoms with E-state index in [0.717, 1.165) is 17.1 Å². The van der Waals surface area contributed by atoms with Gasteiger partial charge < -0.3 is 5.73 Å². The van der Waals surface area contributed by atoms with Crippen LogP contribution in [-0.4, -0.2) is 6.54 Å². The van der Waals surface area contributed by atoms with Gasteiger partial charge in [-0.05, 0) is 37.0 Å². The third-order valence-electron chi connectivity index (χ3n) is 3.72. The molecule has 0 radical (unpaired) electrons. The van der Waals surface area contributed by atoms with Gasteiger partial charge in [0.25, 0.3) is 0 Å². The lowest BCUT2D eigenvalue weighted by Gasteiger charge is -2.28. The van der Waals surface area contributed by atoms with Gasteiger partial charge in [0.2, 0.25) is 0 Å². The van der Waals surface area contributed by atoms with Crippen LogP contribution in [0.1, 0.15) is 36.8 Å². The molecule has 2 N–H and O–H groups in total. The average molecular weight is 224 g/mol. The number of aryl methyl sites for hydroxylation is 1. The first-order chi connectivity index (χ1) is 7.18. The lowest BCUT2D eigenvalue weighted by atomic mass is 9.78. The number of hydrogen-bond donors (Lipinski definition) is 1. The molecular weight excluding hydrogens is 206 g/mol. The predicted molar refractivity (Wildman–Crippen MR) is 65.4 cm³/mol. The maximum absolute atomic E-state index is 6.04. The van der Waals surface area contributed by atoms with E-state index in [0.29, 0.717) is 0 Å². The Kier molecular flexibility index (Phi) is 3.03. The first-order valence-electron chi connectivity index (χ1n) is 5.65. The minimum absolute atomic E-state index is 0.231. The molecule has 2 heteroatoms. The third kappa shape index (κ3) is 1.91. The summed E-state index contributed by atoms with van der Waals surface area (Å²) in [5.41, 5.74) is 8.73. The smallest absolute Gasteiger partial charge is 0.0435 e. The summed E-state index contributed by atoms with van der Waals surface area (Å²) in [7, 11) is 0. The topological polar surface area (TPSA) is 26.0 Å². The molecule has 1 aromatic rings. The molecule has 15 heavy (non-hydrogen) atoms. The first-order valence-corrected chi connectivity index (χ1v) is 6.02. The summed E-state index contributed by atoms with van der Waals surface area (Å²) in [6.45, 7) is 2.82. The zero-order valence-corrected chi connectivity index (χ0v) is 9.98. The molecule has 0 bridgehead atoms. The number of halogens is 1. The molecule has 0 aliphatic heterocycles. The maximum Gasteiger partial charge on any atom is 0.0435 e. The zero-order valence-electron chi connectivity index (χ0n) is 9.22. The summed E-state index contributed by atoms with van der Waals surface area (Å²) >= 11 is 6.04. The van der Waals surface area contributed by atoms with Crippen molar-refractivity contribution in [2.24, 2.45) is 5.73 Å². The maximum atomic E-state index is 6.04. The Balaban J connectivity index is 2.38. The van der Waals surface area contributed by atoms with Gasteiger partial charge in [0, 0.05) is 17.0 Å². The van der Waals surface area contributed by atoms with Crippen molar-refractivity contribution in [1.82, 2.24) is 0 Å². The quantitative estimate of drug-likeness (QED) is 0.817. The molecule has 0 aromatic heterocycles.